The molecule has 1 heterocycles. The number of nitrogens with one attached hydrogen (secondary N) is 1. The van der Waals surface area contributed by atoms with E-state index >= 15 is 0 Å². The summed E-state index contributed by atoms with van der Waals surface area (Å²) in [6, 6.07) is 0.160. The molecular weight excluding hydrogens is 238 g/mol. The molecule has 1 saturated heterocycles. The number of rotatable bonds is 8. The summed E-state index contributed by atoms with van der Waals surface area (Å²) in [5, 5.41) is 11.7. The largest absolute Gasteiger partial charge is 0.396 e. The molecule has 0 aromatic rings. The first-order valence-corrected chi connectivity index (χ1v) is 8.37. The monoisotopic (exact) mass is 263 g/mol. The van der Waals surface area contributed by atoms with E-state index in [0.29, 0.717) is 5.75 Å². The Morgan fingerprint density at radius 1 is 1.24 bits per heavy atom. The zero-order chi connectivity index (χ0) is 12.7. The molecule has 1 aliphatic rings. The third-order valence-corrected chi connectivity index (χ3v) is 5.73. The van der Waals surface area contributed by atoms with Crippen LogP contribution in [0.3, 0.4) is 0 Å². The molecule has 0 spiro atoms. The Morgan fingerprint density at radius 2 is 1.94 bits per heavy atom. The van der Waals surface area contributed by atoms with Crippen LogP contribution >= 0.6 is 0 Å². The van der Waals surface area contributed by atoms with Gasteiger partial charge in [-0.2, -0.15) is 0 Å². The topological polar surface area (TPSA) is 66.4 Å². The van der Waals surface area contributed by atoms with E-state index in [9.17, 15) is 8.42 Å². The first-order valence-electron chi connectivity index (χ1n) is 6.66. The molecule has 4 nitrogen and oxygen atoms in total. The van der Waals surface area contributed by atoms with Crippen molar-refractivity contribution in [3.05, 3.63) is 0 Å². The van der Waals surface area contributed by atoms with Crippen molar-refractivity contribution in [3.8, 4) is 0 Å². The maximum Gasteiger partial charge on any atom is 0.154 e. The van der Waals surface area contributed by atoms with Gasteiger partial charge in [-0.15, -0.1) is 0 Å². The van der Waals surface area contributed by atoms with Gasteiger partial charge in [-0.3, -0.25) is 0 Å². The smallest absolute Gasteiger partial charge is 0.154 e. The fraction of sp³-hybridized carbons (Fsp3) is 1.00. The summed E-state index contributed by atoms with van der Waals surface area (Å²) in [6.45, 7) is 3.09. The van der Waals surface area contributed by atoms with E-state index in [1.54, 1.807) is 0 Å². The van der Waals surface area contributed by atoms with E-state index in [1.165, 1.54) is 0 Å². The molecule has 0 amide bonds. The Balaban J connectivity index is 2.28. The highest BCUT2D eigenvalue weighted by atomic mass is 32.2. The number of aliphatic hydroxyl groups excluding tert-OH is 1. The van der Waals surface area contributed by atoms with Crippen molar-refractivity contribution in [2.24, 2.45) is 0 Å². The lowest BCUT2D eigenvalue weighted by molar-refractivity contribution is 0.282. The van der Waals surface area contributed by atoms with Crippen LogP contribution in [0.25, 0.3) is 0 Å². The second-order valence-corrected chi connectivity index (χ2v) is 7.19. The van der Waals surface area contributed by atoms with E-state index in [4.69, 9.17) is 5.11 Å². The van der Waals surface area contributed by atoms with Crippen molar-refractivity contribution >= 4 is 9.84 Å². The number of sulfone groups is 1. The Hall–Kier alpha value is -0.130. The van der Waals surface area contributed by atoms with Crippen molar-refractivity contribution in [2.45, 2.75) is 56.7 Å². The van der Waals surface area contributed by atoms with Crippen molar-refractivity contribution in [3.63, 3.8) is 0 Å². The maximum absolute atomic E-state index is 11.9. The van der Waals surface area contributed by atoms with Crippen LogP contribution in [0.5, 0.6) is 0 Å². The lowest BCUT2D eigenvalue weighted by Crippen LogP contribution is -2.29. The minimum absolute atomic E-state index is 0.138. The van der Waals surface area contributed by atoms with Gasteiger partial charge in [-0.25, -0.2) is 8.42 Å². The van der Waals surface area contributed by atoms with E-state index in [2.05, 4.69) is 5.32 Å². The summed E-state index contributed by atoms with van der Waals surface area (Å²) in [5.41, 5.74) is 0. The van der Waals surface area contributed by atoms with Gasteiger partial charge in [0.2, 0.25) is 0 Å². The van der Waals surface area contributed by atoms with E-state index in [1.807, 2.05) is 6.92 Å². The summed E-state index contributed by atoms with van der Waals surface area (Å²) in [4.78, 5) is 0. The van der Waals surface area contributed by atoms with Crippen LogP contribution in [-0.4, -0.2) is 43.7 Å². The minimum Gasteiger partial charge on any atom is -0.396 e. The van der Waals surface area contributed by atoms with Crippen molar-refractivity contribution in [1.29, 1.82) is 0 Å². The van der Waals surface area contributed by atoms with Gasteiger partial charge in [0.25, 0.3) is 0 Å². The molecule has 1 rings (SSSR count). The molecule has 0 aromatic carbocycles. The van der Waals surface area contributed by atoms with Gasteiger partial charge in [-0.1, -0.05) is 26.2 Å². The van der Waals surface area contributed by atoms with Gasteiger partial charge < -0.3 is 10.4 Å². The Kier molecular flexibility index (Phi) is 6.44. The highest BCUT2D eigenvalue weighted by molar-refractivity contribution is 7.92. The first-order chi connectivity index (χ1) is 8.10. The van der Waals surface area contributed by atoms with Crippen molar-refractivity contribution in [2.75, 3.05) is 18.9 Å². The molecule has 102 valence electrons. The normalized spacial score (nSPS) is 27.4. The predicted octanol–water partition coefficient (Wildman–Crippen LogP) is 1.09. The van der Waals surface area contributed by atoms with E-state index < -0.39 is 9.84 Å². The molecule has 5 heteroatoms. The molecule has 0 aromatic heterocycles. The Labute approximate surface area is 105 Å². The summed E-state index contributed by atoms with van der Waals surface area (Å²) in [6.07, 6.45) is 5.38. The molecule has 0 aliphatic carbocycles. The molecule has 1 unspecified atom stereocenters. The third kappa shape index (κ3) is 4.94. The average molecular weight is 263 g/mol. The predicted molar refractivity (Wildman–Crippen MR) is 69.8 cm³/mol. The zero-order valence-corrected chi connectivity index (χ0v) is 11.5. The highest BCUT2D eigenvalue weighted by Gasteiger charge is 2.37. The summed E-state index contributed by atoms with van der Waals surface area (Å²) >= 11 is 0. The van der Waals surface area contributed by atoms with Crippen molar-refractivity contribution in [1.82, 2.24) is 5.32 Å². The molecule has 0 bridgehead atoms. The molecule has 17 heavy (non-hydrogen) atoms. The standard InChI is InChI=1S/C12H25NO3S/c1-2-13-11-9-12(17(15,16)10-11)7-5-3-4-6-8-14/h11-14H,2-10H2,1H3/t11?,12-/m1/s1. The summed E-state index contributed by atoms with van der Waals surface area (Å²) in [7, 11) is -2.86. The molecule has 1 fully saturated rings. The van der Waals surface area contributed by atoms with Crippen LogP contribution in [0.15, 0.2) is 0 Å². The minimum atomic E-state index is -2.86. The van der Waals surface area contributed by atoms with Gasteiger partial charge in [0.05, 0.1) is 11.0 Å². The highest BCUT2D eigenvalue weighted by Crippen LogP contribution is 2.25. The Bertz CT molecular complexity index is 303. The van der Waals surface area contributed by atoms with Gasteiger partial charge >= 0.3 is 0 Å². The first kappa shape index (κ1) is 14.9. The number of unbranched alkanes of at least 4 members (excludes halogenated alkanes) is 3. The van der Waals surface area contributed by atoms with Crippen LogP contribution in [-0.2, 0) is 9.84 Å². The zero-order valence-electron chi connectivity index (χ0n) is 10.7. The van der Waals surface area contributed by atoms with Gasteiger partial charge in [-0.05, 0) is 25.8 Å². The summed E-state index contributed by atoms with van der Waals surface area (Å²) < 4.78 is 23.8. The van der Waals surface area contributed by atoms with E-state index in [-0.39, 0.29) is 17.9 Å². The van der Waals surface area contributed by atoms with Crippen LogP contribution in [0, 0.1) is 0 Å². The van der Waals surface area contributed by atoms with E-state index in [0.717, 1.165) is 45.1 Å². The quantitative estimate of drug-likeness (QED) is 0.643. The lowest BCUT2D eigenvalue weighted by Gasteiger charge is -2.09. The molecular formula is C12H25NO3S. The lowest BCUT2D eigenvalue weighted by atomic mass is 10.1. The average Bonchev–Trinajstić information content (AvgIpc) is 2.54. The second-order valence-electron chi connectivity index (χ2n) is 4.87. The van der Waals surface area contributed by atoms with Gasteiger partial charge in [0, 0.05) is 12.6 Å². The summed E-state index contributed by atoms with van der Waals surface area (Å²) in [5.74, 6) is 0.308. The van der Waals surface area contributed by atoms with Crippen LogP contribution < -0.4 is 5.32 Å². The van der Waals surface area contributed by atoms with Crippen LogP contribution in [0.2, 0.25) is 0 Å². The van der Waals surface area contributed by atoms with Crippen LogP contribution in [0.4, 0.5) is 0 Å². The molecule has 2 N–H and O–H groups in total. The Morgan fingerprint density at radius 3 is 2.59 bits per heavy atom. The fourth-order valence-electron chi connectivity index (χ4n) is 2.51. The molecule has 0 radical (unpaired) electrons. The van der Waals surface area contributed by atoms with Crippen LogP contribution in [0.1, 0.15) is 45.4 Å². The molecule has 1 aliphatic heterocycles. The van der Waals surface area contributed by atoms with Gasteiger partial charge in [0.15, 0.2) is 9.84 Å². The van der Waals surface area contributed by atoms with Crippen molar-refractivity contribution < 1.29 is 13.5 Å². The maximum atomic E-state index is 11.9. The SMILES string of the molecule is CCNC1C[C@@H](CCCCCCO)S(=O)(=O)C1. The number of hydrogen-bond donors (Lipinski definition) is 2. The molecule has 0 saturated carbocycles. The molecule has 2 atom stereocenters. The van der Waals surface area contributed by atoms with Gasteiger partial charge in [0.1, 0.15) is 0 Å². The second kappa shape index (κ2) is 7.34. The third-order valence-electron chi connectivity index (χ3n) is 3.42. The fourth-order valence-corrected chi connectivity index (χ4v) is 4.65. The number of hydrogen-bond acceptors (Lipinski definition) is 4. The number of aliphatic hydroxyl groups is 1.